The Morgan fingerprint density at radius 3 is 2.68 bits per heavy atom. The molecule has 0 aliphatic carbocycles. The minimum Gasteiger partial charge on any atom is -0.409 e. The molecule has 8 nitrogen and oxygen atoms in total. The maximum atomic E-state index is 11.1. The number of nitrogens with zero attached hydrogens (tertiary/aromatic N) is 4. The number of hydrogen-bond acceptors (Lipinski definition) is 7. The van der Waals surface area contributed by atoms with Crippen LogP contribution in [-0.2, 0) is 9.84 Å². The van der Waals surface area contributed by atoms with E-state index < -0.39 is 9.84 Å². The summed E-state index contributed by atoms with van der Waals surface area (Å²) in [5.74, 6) is 0.202. The van der Waals surface area contributed by atoms with Crippen LogP contribution >= 0.6 is 0 Å². The smallest absolute Gasteiger partial charge is 0.225 e. The quantitative estimate of drug-likeness (QED) is 0.319. The molecule has 0 radical (unpaired) electrons. The van der Waals surface area contributed by atoms with E-state index in [0.29, 0.717) is 11.6 Å². The van der Waals surface area contributed by atoms with E-state index in [4.69, 9.17) is 10.9 Å². The molecule has 0 aliphatic heterocycles. The van der Waals surface area contributed by atoms with Gasteiger partial charge in [0.2, 0.25) is 5.95 Å². The van der Waals surface area contributed by atoms with Gasteiger partial charge in [-0.2, -0.15) is 0 Å². The van der Waals surface area contributed by atoms with Gasteiger partial charge in [0, 0.05) is 25.5 Å². The van der Waals surface area contributed by atoms with Gasteiger partial charge in [-0.1, -0.05) is 5.16 Å². The molecule has 0 saturated heterocycles. The van der Waals surface area contributed by atoms with Crippen molar-refractivity contribution >= 4 is 21.6 Å². The van der Waals surface area contributed by atoms with Crippen molar-refractivity contribution in [3.63, 3.8) is 0 Å². The van der Waals surface area contributed by atoms with Gasteiger partial charge >= 0.3 is 0 Å². The Morgan fingerprint density at radius 1 is 1.53 bits per heavy atom. The zero-order valence-electron chi connectivity index (χ0n) is 11.0. The Morgan fingerprint density at radius 2 is 2.16 bits per heavy atom. The van der Waals surface area contributed by atoms with Gasteiger partial charge in [0.15, 0.2) is 5.84 Å². The molecule has 0 unspecified atom stereocenters. The number of rotatable bonds is 5. The number of hydrogen-bond donors (Lipinski definition) is 2. The molecule has 1 aromatic heterocycles. The second-order valence-electron chi connectivity index (χ2n) is 4.23. The maximum Gasteiger partial charge on any atom is 0.225 e. The number of amidine groups is 1. The zero-order valence-corrected chi connectivity index (χ0v) is 11.8. The van der Waals surface area contributed by atoms with Crippen molar-refractivity contribution in [2.24, 2.45) is 10.9 Å². The van der Waals surface area contributed by atoms with E-state index in [1.165, 1.54) is 6.26 Å². The van der Waals surface area contributed by atoms with E-state index in [2.05, 4.69) is 15.1 Å². The van der Waals surface area contributed by atoms with Gasteiger partial charge in [0.25, 0.3) is 0 Å². The van der Waals surface area contributed by atoms with Crippen molar-refractivity contribution < 1.29 is 13.6 Å². The average molecular weight is 287 g/mol. The third-order valence-corrected chi connectivity index (χ3v) is 3.28. The molecule has 1 heterocycles. The van der Waals surface area contributed by atoms with Gasteiger partial charge in [-0.3, -0.25) is 0 Å². The summed E-state index contributed by atoms with van der Waals surface area (Å²) < 4.78 is 22.2. The van der Waals surface area contributed by atoms with E-state index in [1.54, 1.807) is 24.9 Å². The molecule has 9 heteroatoms. The number of sulfone groups is 1. The largest absolute Gasteiger partial charge is 0.409 e. The number of oxime groups is 1. The van der Waals surface area contributed by atoms with Crippen LogP contribution in [0.2, 0.25) is 0 Å². The van der Waals surface area contributed by atoms with Crippen LogP contribution in [-0.4, -0.2) is 55.0 Å². The highest BCUT2D eigenvalue weighted by molar-refractivity contribution is 7.90. The molecule has 0 aromatic carbocycles. The van der Waals surface area contributed by atoms with E-state index in [1.807, 2.05) is 0 Å². The van der Waals surface area contributed by atoms with E-state index in [0.717, 1.165) is 0 Å². The molecular formula is C10H17N5O3S. The first-order valence-electron chi connectivity index (χ1n) is 5.45. The minimum absolute atomic E-state index is 0.000291. The van der Waals surface area contributed by atoms with E-state index >= 15 is 0 Å². The second-order valence-corrected chi connectivity index (χ2v) is 6.49. The van der Waals surface area contributed by atoms with Crippen molar-refractivity contribution in [2.75, 3.05) is 30.5 Å². The van der Waals surface area contributed by atoms with Crippen LogP contribution in [0.3, 0.4) is 0 Å². The molecule has 1 rings (SSSR count). The number of aryl methyl sites for hydroxylation is 1. The molecule has 0 aliphatic rings. The predicted molar refractivity (Wildman–Crippen MR) is 72.3 cm³/mol. The van der Waals surface area contributed by atoms with Gasteiger partial charge in [-0.05, 0) is 13.0 Å². The summed E-state index contributed by atoms with van der Waals surface area (Å²) in [5, 5.41) is 11.5. The van der Waals surface area contributed by atoms with Crippen molar-refractivity contribution in [1.29, 1.82) is 0 Å². The maximum absolute atomic E-state index is 11.1. The number of anilines is 1. The van der Waals surface area contributed by atoms with Crippen molar-refractivity contribution in [2.45, 2.75) is 6.92 Å². The molecule has 0 amide bonds. The molecule has 1 aromatic rings. The molecule has 19 heavy (non-hydrogen) atoms. The van der Waals surface area contributed by atoms with Crippen LogP contribution in [0.1, 0.15) is 11.4 Å². The predicted octanol–water partition coefficient (Wildman–Crippen LogP) is -0.640. The number of aromatic nitrogens is 2. The third kappa shape index (κ3) is 4.70. The molecule has 0 spiro atoms. The first kappa shape index (κ1) is 15.2. The topological polar surface area (TPSA) is 122 Å². The van der Waals surface area contributed by atoms with Gasteiger partial charge in [-0.25, -0.2) is 18.4 Å². The van der Waals surface area contributed by atoms with Crippen LogP contribution in [0, 0.1) is 6.92 Å². The Balaban J connectivity index is 2.97. The number of nitrogens with two attached hydrogens (primary N) is 1. The summed E-state index contributed by atoms with van der Waals surface area (Å²) in [5.41, 5.74) is 6.40. The normalized spacial score (nSPS) is 12.5. The first-order valence-corrected chi connectivity index (χ1v) is 7.51. The second kappa shape index (κ2) is 5.83. The van der Waals surface area contributed by atoms with Gasteiger partial charge in [0.05, 0.1) is 5.75 Å². The van der Waals surface area contributed by atoms with Crippen LogP contribution < -0.4 is 10.6 Å². The lowest BCUT2D eigenvalue weighted by Gasteiger charge is -2.17. The molecule has 0 bridgehead atoms. The summed E-state index contributed by atoms with van der Waals surface area (Å²) >= 11 is 0. The average Bonchev–Trinajstić information content (AvgIpc) is 2.33. The van der Waals surface area contributed by atoms with Crippen molar-refractivity contribution in [1.82, 2.24) is 9.97 Å². The molecule has 0 fully saturated rings. The lowest BCUT2D eigenvalue weighted by molar-refractivity contribution is 0.318. The van der Waals surface area contributed by atoms with Gasteiger partial charge in [0.1, 0.15) is 15.5 Å². The van der Waals surface area contributed by atoms with Crippen molar-refractivity contribution in [3.05, 3.63) is 17.5 Å². The first-order chi connectivity index (χ1) is 8.73. The Bertz CT molecular complexity index is 585. The summed E-state index contributed by atoms with van der Waals surface area (Å²) in [6.07, 6.45) is 1.17. The molecule has 0 saturated carbocycles. The van der Waals surface area contributed by atoms with Gasteiger partial charge in [-0.15, -0.1) is 0 Å². The summed E-state index contributed by atoms with van der Waals surface area (Å²) in [4.78, 5) is 9.89. The Labute approximate surface area is 111 Å². The summed E-state index contributed by atoms with van der Waals surface area (Å²) in [6.45, 7) is 2.00. The lowest BCUT2D eigenvalue weighted by Crippen LogP contribution is -2.28. The zero-order chi connectivity index (χ0) is 14.6. The van der Waals surface area contributed by atoms with Crippen LogP contribution in [0.4, 0.5) is 5.95 Å². The van der Waals surface area contributed by atoms with Gasteiger partial charge < -0.3 is 15.8 Å². The highest BCUT2D eigenvalue weighted by atomic mass is 32.2. The fraction of sp³-hybridized carbons (Fsp3) is 0.500. The minimum atomic E-state index is -3.05. The van der Waals surface area contributed by atoms with Crippen LogP contribution in [0.15, 0.2) is 11.2 Å². The summed E-state index contributed by atoms with van der Waals surface area (Å²) in [6, 6.07) is 1.57. The van der Waals surface area contributed by atoms with E-state index in [9.17, 15) is 8.42 Å². The highest BCUT2D eigenvalue weighted by Crippen LogP contribution is 2.09. The van der Waals surface area contributed by atoms with Crippen LogP contribution in [0.25, 0.3) is 0 Å². The fourth-order valence-corrected chi connectivity index (χ4v) is 1.91. The molecule has 0 atom stereocenters. The molecule has 3 N–H and O–H groups in total. The third-order valence-electron chi connectivity index (χ3n) is 2.35. The van der Waals surface area contributed by atoms with E-state index in [-0.39, 0.29) is 23.8 Å². The monoisotopic (exact) mass is 287 g/mol. The SMILES string of the molecule is Cc1cc(/C(N)=N/O)nc(N(C)CCS(C)(=O)=O)n1. The Kier molecular flexibility index (Phi) is 4.65. The molecular weight excluding hydrogens is 270 g/mol. The Hall–Kier alpha value is -1.90. The lowest BCUT2D eigenvalue weighted by atomic mass is 10.3. The molecule has 106 valence electrons. The van der Waals surface area contributed by atoms with Crippen LogP contribution in [0.5, 0.6) is 0 Å². The highest BCUT2D eigenvalue weighted by Gasteiger charge is 2.12. The van der Waals surface area contributed by atoms with Crippen molar-refractivity contribution in [3.8, 4) is 0 Å². The summed E-state index contributed by atoms with van der Waals surface area (Å²) in [7, 11) is -1.38. The fourth-order valence-electron chi connectivity index (χ4n) is 1.31. The standard InChI is InChI=1S/C10H17N5O3S/c1-7-6-8(9(11)14-16)13-10(12-7)15(2)4-5-19(3,17)18/h6,16H,4-5H2,1-3H3,(H2,11,14).